The second-order valence-electron chi connectivity index (χ2n) is 6.43. The van der Waals surface area contributed by atoms with Crippen LogP contribution in [-0.2, 0) is 9.53 Å². The maximum atomic E-state index is 12.2. The van der Waals surface area contributed by atoms with Crippen molar-refractivity contribution in [3.8, 4) is 5.75 Å². The Morgan fingerprint density at radius 1 is 1.17 bits per heavy atom. The van der Waals surface area contributed by atoms with Crippen LogP contribution in [0.15, 0.2) is 43.0 Å². The van der Waals surface area contributed by atoms with Gasteiger partial charge in [0.1, 0.15) is 30.4 Å². The lowest BCUT2D eigenvalue weighted by Crippen LogP contribution is -2.33. The highest BCUT2D eigenvalue weighted by Gasteiger charge is 2.44. The summed E-state index contributed by atoms with van der Waals surface area (Å²) < 4.78 is 12.3. The standard InChI is InChI=1S/C18H19N5O6/c24-6-11-14(26)15(27)18(29-11)23-9-21-13-16(19-8-20-17(13)23)22-12(25)7-28-10-4-2-1-3-5-10/h1-5,8-9,11,14-15,18,24,26-27H,6-7H2,(H,19,20,22,25)/t11-,14+,15+,18+/m0/s1. The third kappa shape index (κ3) is 3.76. The summed E-state index contributed by atoms with van der Waals surface area (Å²) in [6.45, 7) is -0.663. The first kappa shape index (κ1) is 19.2. The summed E-state index contributed by atoms with van der Waals surface area (Å²) in [4.78, 5) is 24.6. The molecule has 1 aliphatic heterocycles. The molecule has 0 saturated carbocycles. The van der Waals surface area contributed by atoms with Crippen LogP contribution in [0.2, 0.25) is 0 Å². The summed E-state index contributed by atoms with van der Waals surface area (Å²) >= 11 is 0. The van der Waals surface area contributed by atoms with Gasteiger partial charge in [-0.1, -0.05) is 18.2 Å². The van der Waals surface area contributed by atoms with Gasteiger partial charge in [-0.05, 0) is 12.1 Å². The van der Waals surface area contributed by atoms with Crippen LogP contribution in [-0.4, -0.2) is 72.3 Å². The van der Waals surface area contributed by atoms with Gasteiger partial charge in [0.25, 0.3) is 5.91 Å². The van der Waals surface area contributed by atoms with Crippen molar-refractivity contribution in [2.24, 2.45) is 0 Å². The number of amides is 1. The monoisotopic (exact) mass is 401 g/mol. The predicted molar refractivity (Wildman–Crippen MR) is 98.9 cm³/mol. The highest BCUT2D eigenvalue weighted by Crippen LogP contribution is 2.32. The normalized spacial score (nSPS) is 24.0. The fraction of sp³-hybridized carbons (Fsp3) is 0.333. The Bertz CT molecular complexity index is 997. The maximum absolute atomic E-state index is 12.2. The van der Waals surface area contributed by atoms with Gasteiger partial charge in [-0.15, -0.1) is 0 Å². The van der Waals surface area contributed by atoms with Crippen molar-refractivity contribution in [3.63, 3.8) is 0 Å². The summed E-state index contributed by atoms with van der Waals surface area (Å²) in [5, 5.41) is 32.0. The van der Waals surface area contributed by atoms with E-state index in [1.807, 2.05) is 6.07 Å². The van der Waals surface area contributed by atoms with Gasteiger partial charge >= 0.3 is 0 Å². The number of benzene rings is 1. The van der Waals surface area contributed by atoms with E-state index in [9.17, 15) is 20.1 Å². The lowest BCUT2D eigenvalue weighted by Gasteiger charge is -2.16. The molecule has 4 atom stereocenters. The molecule has 11 heteroatoms. The van der Waals surface area contributed by atoms with Gasteiger partial charge in [0.2, 0.25) is 0 Å². The van der Waals surface area contributed by atoms with E-state index in [1.54, 1.807) is 24.3 Å². The fourth-order valence-electron chi connectivity index (χ4n) is 3.07. The number of ether oxygens (including phenoxy) is 2. The Morgan fingerprint density at radius 2 is 1.97 bits per heavy atom. The van der Waals surface area contributed by atoms with Crippen LogP contribution in [0.25, 0.3) is 11.2 Å². The van der Waals surface area contributed by atoms with Crippen LogP contribution >= 0.6 is 0 Å². The molecule has 1 saturated heterocycles. The summed E-state index contributed by atoms with van der Waals surface area (Å²) in [6, 6.07) is 8.91. The molecule has 0 bridgehead atoms. The molecule has 1 aliphatic rings. The van der Waals surface area contributed by atoms with E-state index < -0.39 is 37.1 Å². The highest BCUT2D eigenvalue weighted by molar-refractivity contribution is 5.97. The van der Waals surface area contributed by atoms with Crippen LogP contribution in [0, 0.1) is 0 Å². The Morgan fingerprint density at radius 3 is 2.69 bits per heavy atom. The maximum Gasteiger partial charge on any atom is 0.263 e. The number of hydrogen-bond donors (Lipinski definition) is 4. The topological polar surface area (TPSA) is 152 Å². The van der Waals surface area contributed by atoms with Gasteiger partial charge in [-0.2, -0.15) is 0 Å². The number of nitrogens with zero attached hydrogens (tertiary/aromatic N) is 4. The van der Waals surface area contributed by atoms with Crippen LogP contribution in [0.3, 0.4) is 0 Å². The molecular formula is C18H19N5O6. The van der Waals surface area contributed by atoms with Crippen LogP contribution in [0.4, 0.5) is 5.82 Å². The smallest absolute Gasteiger partial charge is 0.263 e. The minimum absolute atomic E-state index is 0.169. The Labute approximate surface area is 164 Å². The molecule has 4 rings (SSSR count). The first-order valence-corrected chi connectivity index (χ1v) is 8.86. The van der Waals surface area contributed by atoms with E-state index in [4.69, 9.17) is 9.47 Å². The van der Waals surface area contributed by atoms with Crippen molar-refractivity contribution in [2.75, 3.05) is 18.5 Å². The third-order valence-electron chi connectivity index (χ3n) is 4.52. The Hall–Kier alpha value is -3.12. The molecule has 0 radical (unpaired) electrons. The number of imidazole rings is 1. The number of aliphatic hydroxyl groups excluding tert-OH is 3. The molecule has 4 N–H and O–H groups in total. The molecule has 0 spiro atoms. The van der Waals surface area contributed by atoms with Gasteiger partial charge < -0.3 is 30.1 Å². The molecule has 3 heterocycles. The SMILES string of the molecule is O=C(COc1ccccc1)Nc1ncnc2c1ncn2[C@@H]1O[C@@H](CO)[C@@H](O)[C@H]1O. The van der Waals surface area contributed by atoms with Crippen molar-refractivity contribution in [1.82, 2.24) is 19.5 Å². The Kier molecular flexibility index (Phi) is 5.36. The third-order valence-corrected chi connectivity index (χ3v) is 4.52. The zero-order chi connectivity index (χ0) is 20.4. The van der Waals surface area contributed by atoms with E-state index in [0.717, 1.165) is 0 Å². The number of carbonyl (C=O) groups is 1. The number of nitrogens with one attached hydrogen (secondary N) is 1. The van der Waals surface area contributed by atoms with E-state index in [1.165, 1.54) is 17.2 Å². The first-order chi connectivity index (χ1) is 14.1. The minimum Gasteiger partial charge on any atom is -0.484 e. The van der Waals surface area contributed by atoms with Crippen molar-refractivity contribution in [2.45, 2.75) is 24.5 Å². The highest BCUT2D eigenvalue weighted by atomic mass is 16.6. The Balaban J connectivity index is 1.51. The largest absolute Gasteiger partial charge is 0.484 e. The second kappa shape index (κ2) is 8.09. The quantitative estimate of drug-likeness (QED) is 0.426. The average Bonchev–Trinajstić information content (AvgIpc) is 3.29. The molecule has 2 aromatic heterocycles. The number of rotatable bonds is 6. The van der Waals surface area contributed by atoms with Crippen LogP contribution < -0.4 is 10.1 Å². The molecule has 152 valence electrons. The van der Waals surface area contributed by atoms with E-state index in [-0.39, 0.29) is 23.6 Å². The molecule has 1 aromatic carbocycles. The number of hydrogen-bond acceptors (Lipinski definition) is 9. The number of aliphatic hydroxyl groups is 3. The van der Waals surface area contributed by atoms with Crippen molar-refractivity contribution in [1.29, 1.82) is 0 Å². The number of carbonyl (C=O) groups excluding carboxylic acids is 1. The lowest BCUT2D eigenvalue weighted by atomic mass is 10.1. The van der Waals surface area contributed by atoms with Gasteiger partial charge in [-0.3, -0.25) is 9.36 Å². The molecule has 1 amide bonds. The van der Waals surface area contributed by atoms with E-state index in [2.05, 4.69) is 20.3 Å². The average molecular weight is 401 g/mol. The summed E-state index contributed by atoms with van der Waals surface area (Å²) in [5.41, 5.74) is 0.562. The molecule has 0 aliphatic carbocycles. The van der Waals surface area contributed by atoms with Gasteiger partial charge in [0.05, 0.1) is 12.9 Å². The summed E-state index contributed by atoms with van der Waals surface area (Å²) in [7, 11) is 0. The van der Waals surface area contributed by atoms with Crippen molar-refractivity contribution in [3.05, 3.63) is 43.0 Å². The summed E-state index contributed by atoms with van der Waals surface area (Å²) in [6.07, 6.45) is -1.86. The first-order valence-electron chi connectivity index (χ1n) is 8.86. The number of para-hydroxylation sites is 1. The number of aromatic nitrogens is 4. The van der Waals surface area contributed by atoms with E-state index >= 15 is 0 Å². The van der Waals surface area contributed by atoms with Crippen molar-refractivity contribution < 1.29 is 29.6 Å². The zero-order valence-corrected chi connectivity index (χ0v) is 15.1. The minimum atomic E-state index is -1.28. The molecule has 11 nitrogen and oxygen atoms in total. The number of anilines is 1. The lowest BCUT2D eigenvalue weighted by molar-refractivity contribution is -0.118. The number of fused-ring (bicyclic) bond motifs is 1. The van der Waals surface area contributed by atoms with E-state index in [0.29, 0.717) is 5.75 Å². The van der Waals surface area contributed by atoms with Gasteiger partial charge in [0.15, 0.2) is 29.8 Å². The van der Waals surface area contributed by atoms with Crippen LogP contribution in [0.1, 0.15) is 6.23 Å². The molecule has 1 fully saturated rings. The summed E-state index contributed by atoms with van der Waals surface area (Å²) in [5.74, 6) is 0.294. The molecule has 3 aromatic rings. The fourth-order valence-corrected chi connectivity index (χ4v) is 3.07. The molecule has 29 heavy (non-hydrogen) atoms. The zero-order valence-electron chi connectivity index (χ0n) is 15.1. The van der Waals surface area contributed by atoms with Gasteiger partial charge in [-0.25, -0.2) is 15.0 Å². The molecular weight excluding hydrogens is 382 g/mol. The predicted octanol–water partition coefficient (Wildman–Crippen LogP) is -0.545. The second-order valence-corrected chi connectivity index (χ2v) is 6.43. The molecule has 0 unspecified atom stereocenters. The van der Waals surface area contributed by atoms with Gasteiger partial charge in [0, 0.05) is 0 Å². The van der Waals surface area contributed by atoms with Crippen LogP contribution in [0.5, 0.6) is 5.75 Å². The van der Waals surface area contributed by atoms with Crippen molar-refractivity contribution >= 4 is 22.9 Å².